The van der Waals surface area contributed by atoms with Crippen LogP contribution in [0.4, 0.5) is 14.5 Å². The SMILES string of the molecule is NC(=O)c1cc(CC(=O)N2C[C@H](F)C[C@H]2C(=O)Nc2cccc(-c3ccccc3Cl)c2F)ccc1Cl. The quantitative estimate of drug-likeness (QED) is 0.467. The van der Waals surface area contributed by atoms with Gasteiger partial charge in [0.05, 0.1) is 29.2 Å². The number of carbonyl (C=O) groups is 3. The maximum atomic E-state index is 15.3. The van der Waals surface area contributed by atoms with Crippen LogP contribution >= 0.6 is 23.2 Å². The molecule has 0 saturated carbocycles. The average Bonchev–Trinajstić information content (AvgIpc) is 3.24. The van der Waals surface area contributed by atoms with Crippen molar-refractivity contribution in [3.05, 3.63) is 87.7 Å². The van der Waals surface area contributed by atoms with Gasteiger partial charge in [-0.25, -0.2) is 8.78 Å². The number of carbonyl (C=O) groups excluding carboxylic acids is 3. The third kappa shape index (κ3) is 5.34. The van der Waals surface area contributed by atoms with Gasteiger partial charge in [-0.2, -0.15) is 0 Å². The van der Waals surface area contributed by atoms with Crippen molar-refractivity contribution in [1.82, 2.24) is 4.90 Å². The molecule has 3 N–H and O–H groups in total. The summed E-state index contributed by atoms with van der Waals surface area (Å²) in [5, 5.41) is 2.97. The second kappa shape index (κ2) is 10.6. The van der Waals surface area contributed by atoms with Gasteiger partial charge in [0.25, 0.3) is 0 Å². The van der Waals surface area contributed by atoms with E-state index in [-0.39, 0.29) is 41.2 Å². The largest absolute Gasteiger partial charge is 0.366 e. The number of nitrogens with one attached hydrogen (secondary N) is 1. The molecule has 0 unspecified atom stereocenters. The number of anilines is 1. The average molecular weight is 532 g/mol. The van der Waals surface area contributed by atoms with E-state index in [9.17, 15) is 18.8 Å². The number of hydrogen-bond donors (Lipinski definition) is 2. The minimum Gasteiger partial charge on any atom is -0.366 e. The van der Waals surface area contributed by atoms with E-state index in [4.69, 9.17) is 28.9 Å². The minimum atomic E-state index is -1.42. The Hall–Kier alpha value is -3.49. The van der Waals surface area contributed by atoms with Crippen LogP contribution < -0.4 is 11.1 Å². The van der Waals surface area contributed by atoms with Crippen LogP contribution in [0.3, 0.4) is 0 Å². The second-order valence-corrected chi connectivity index (χ2v) is 9.20. The van der Waals surface area contributed by atoms with Crippen molar-refractivity contribution in [2.75, 3.05) is 11.9 Å². The van der Waals surface area contributed by atoms with Gasteiger partial charge in [-0.1, -0.05) is 59.6 Å². The molecule has 1 heterocycles. The van der Waals surface area contributed by atoms with E-state index in [0.717, 1.165) is 4.90 Å². The Labute approximate surface area is 216 Å². The van der Waals surface area contributed by atoms with Crippen molar-refractivity contribution in [2.24, 2.45) is 5.73 Å². The van der Waals surface area contributed by atoms with Crippen molar-refractivity contribution in [3.8, 4) is 11.1 Å². The lowest BCUT2D eigenvalue weighted by molar-refractivity contribution is -0.136. The maximum Gasteiger partial charge on any atom is 0.250 e. The van der Waals surface area contributed by atoms with Crippen LogP contribution in [0.2, 0.25) is 10.0 Å². The van der Waals surface area contributed by atoms with E-state index in [0.29, 0.717) is 16.1 Å². The lowest BCUT2D eigenvalue weighted by Crippen LogP contribution is -2.44. The van der Waals surface area contributed by atoms with E-state index in [1.807, 2.05) is 0 Å². The van der Waals surface area contributed by atoms with E-state index >= 15 is 4.39 Å². The lowest BCUT2D eigenvalue weighted by Gasteiger charge is -2.24. The zero-order valence-electron chi connectivity index (χ0n) is 18.8. The summed E-state index contributed by atoms with van der Waals surface area (Å²) in [7, 11) is 0. The lowest BCUT2D eigenvalue weighted by atomic mass is 10.0. The van der Waals surface area contributed by atoms with Gasteiger partial charge in [0.2, 0.25) is 17.7 Å². The highest BCUT2D eigenvalue weighted by Crippen LogP contribution is 2.33. The van der Waals surface area contributed by atoms with Crippen LogP contribution in [0.15, 0.2) is 60.7 Å². The fourth-order valence-electron chi connectivity index (χ4n) is 4.19. The van der Waals surface area contributed by atoms with Gasteiger partial charge in [0.1, 0.15) is 12.2 Å². The van der Waals surface area contributed by atoms with Crippen molar-refractivity contribution in [2.45, 2.75) is 25.1 Å². The predicted molar refractivity (Wildman–Crippen MR) is 134 cm³/mol. The Morgan fingerprint density at radius 1 is 1.00 bits per heavy atom. The molecule has 1 fully saturated rings. The Morgan fingerprint density at radius 2 is 1.72 bits per heavy atom. The summed E-state index contributed by atoms with van der Waals surface area (Å²) in [5.74, 6) is -2.70. The van der Waals surface area contributed by atoms with Crippen molar-refractivity contribution >= 4 is 46.6 Å². The number of nitrogens with zero attached hydrogens (tertiary/aromatic N) is 1. The third-order valence-corrected chi connectivity index (χ3v) is 6.60. The maximum absolute atomic E-state index is 15.3. The molecular formula is C26H21Cl2F2N3O3. The Balaban J connectivity index is 1.53. The summed E-state index contributed by atoms with van der Waals surface area (Å²) in [4.78, 5) is 38.7. The van der Waals surface area contributed by atoms with E-state index < -0.39 is 35.8 Å². The van der Waals surface area contributed by atoms with Gasteiger partial charge in [-0.05, 0) is 29.8 Å². The molecule has 0 bridgehead atoms. The van der Waals surface area contributed by atoms with Gasteiger partial charge in [0.15, 0.2) is 5.82 Å². The van der Waals surface area contributed by atoms with Gasteiger partial charge in [-0.15, -0.1) is 0 Å². The molecule has 0 spiro atoms. The first-order valence-corrected chi connectivity index (χ1v) is 11.8. The molecule has 3 amide bonds. The normalized spacial score (nSPS) is 17.2. The summed E-state index contributed by atoms with van der Waals surface area (Å²) in [6.07, 6.45) is -1.85. The molecule has 10 heteroatoms. The van der Waals surface area contributed by atoms with Gasteiger partial charge >= 0.3 is 0 Å². The highest BCUT2D eigenvalue weighted by Gasteiger charge is 2.40. The van der Waals surface area contributed by atoms with Crippen LogP contribution in [0.5, 0.6) is 0 Å². The Kier molecular flexibility index (Phi) is 7.56. The van der Waals surface area contributed by atoms with Crippen LogP contribution in [0.25, 0.3) is 11.1 Å². The smallest absolute Gasteiger partial charge is 0.250 e. The summed E-state index contributed by atoms with van der Waals surface area (Å²) in [5.41, 5.74) is 6.30. The molecule has 0 radical (unpaired) electrons. The standard InChI is InChI=1S/C26H21Cl2F2N3O3/c27-19-6-2-1-4-16(19)17-5-3-7-21(24(17)30)32-26(36)22-12-15(29)13-33(22)23(34)11-14-8-9-20(28)18(10-14)25(31)35/h1-10,15,22H,11-13H2,(H2,31,35)(H,32,36)/t15-,22+/m1/s1. The summed E-state index contributed by atoms with van der Waals surface area (Å²) >= 11 is 12.1. The fraction of sp³-hybridized carbons (Fsp3) is 0.192. The second-order valence-electron chi connectivity index (χ2n) is 8.39. The highest BCUT2D eigenvalue weighted by molar-refractivity contribution is 6.34. The monoisotopic (exact) mass is 531 g/mol. The van der Waals surface area contributed by atoms with E-state index in [2.05, 4.69) is 5.32 Å². The number of halogens is 4. The Bertz CT molecular complexity index is 1350. The molecule has 36 heavy (non-hydrogen) atoms. The summed E-state index contributed by atoms with van der Waals surface area (Å²) in [6.45, 7) is -0.282. The molecule has 186 valence electrons. The predicted octanol–water partition coefficient (Wildman–Crippen LogP) is 5.02. The number of benzene rings is 3. The number of hydrogen-bond acceptors (Lipinski definition) is 3. The minimum absolute atomic E-state index is 0.0509. The molecule has 1 aliphatic heterocycles. The van der Waals surface area contributed by atoms with Gasteiger partial charge < -0.3 is 16.0 Å². The van der Waals surface area contributed by atoms with Crippen molar-refractivity contribution in [3.63, 3.8) is 0 Å². The first-order valence-electron chi connectivity index (χ1n) is 11.0. The molecule has 6 nitrogen and oxygen atoms in total. The fourth-order valence-corrected chi connectivity index (χ4v) is 4.64. The molecule has 2 atom stereocenters. The zero-order chi connectivity index (χ0) is 26.0. The molecular weight excluding hydrogens is 511 g/mol. The van der Waals surface area contributed by atoms with Gasteiger partial charge in [-0.3, -0.25) is 14.4 Å². The number of nitrogens with two attached hydrogens (primary N) is 1. The molecule has 1 aliphatic rings. The number of amides is 3. The topological polar surface area (TPSA) is 92.5 Å². The number of primary amides is 1. The number of alkyl halides is 1. The highest BCUT2D eigenvalue weighted by atomic mass is 35.5. The number of likely N-dealkylation sites (tertiary alicyclic amines) is 1. The van der Waals surface area contributed by atoms with Crippen LogP contribution in [-0.2, 0) is 16.0 Å². The first kappa shape index (κ1) is 25.6. The molecule has 1 saturated heterocycles. The van der Waals surface area contributed by atoms with Crippen LogP contribution in [-0.4, -0.2) is 41.4 Å². The number of rotatable bonds is 6. The zero-order valence-corrected chi connectivity index (χ0v) is 20.3. The molecule has 3 aromatic rings. The molecule has 0 aromatic heterocycles. The van der Waals surface area contributed by atoms with Crippen molar-refractivity contribution < 1.29 is 23.2 Å². The van der Waals surface area contributed by atoms with Gasteiger partial charge in [0, 0.05) is 22.6 Å². The first-order chi connectivity index (χ1) is 17.2. The van der Waals surface area contributed by atoms with Crippen molar-refractivity contribution in [1.29, 1.82) is 0 Å². The molecule has 0 aliphatic carbocycles. The van der Waals surface area contributed by atoms with Crippen LogP contribution in [0.1, 0.15) is 22.3 Å². The summed E-state index contributed by atoms with van der Waals surface area (Å²) in [6, 6.07) is 14.4. The van der Waals surface area contributed by atoms with E-state index in [1.54, 1.807) is 36.4 Å². The molecule has 4 rings (SSSR count). The van der Waals surface area contributed by atoms with Crippen LogP contribution in [0, 0.1) is 5.82 Å². The summed E-state index contributed by atoms with van der Waals surface area (Å²) < 4.78 is 29.6. The third-order valence-electron chi connectivity index (χ3n) is 5.95. The van der Waals surface area contributed by atoms with E-state index in [1.165, 1.54) is 24.3 Å². The molecule has 3 aromatic carbocycles. The Morgan fingerprint density at radius 3 is 2.44 bits per heavy atom.